The van der Waals surface area contributed by atoms with Crippen molar-refractivity contribution < 1.29 is 9.59 Å². The minimum atomic E-state index is 0.00898. The number of carbonyl (C=O) groups excluding carboxylic acids is 2. The average Bonchev–Trinajstić information content (AvgIpc) is 3.08. The molecule has 0 spiro atoms. The predicted molar refractivity (Wildman–Crippen MR) is 70.8 cm³/mol. The van der Waals surface area contributed by atoms with Gasteiger partial charge in [0.1, 0.15) is 0 Å². The molecule has 0 aliphatic heterocycles. The summed E-state index contributed by atoms with van der Waals surface area (Å²) in [7, 11) is 0. The molecule has 0 heterocycles. The number of hydrogen-bond acceptors (Lipinski definition) is 3. The first-order valence-corrected chi connectivity index (χ1v) is 6.81. The van der Waals surface area contributed by atoms with Gasteiger partial charge in [-0.3, -0.25) is 9.59 Å². The van der Waals surface area contributed by atoms with Gasteiger partial charge in [0.25, 0.3) is 0 Å². The van der Waals surface area contributed by atoms with E-state index in [1.54, 1.807) is 0 Å². The second kappa shape index (κ2) is 7.36. The fraction of sp³-hybridized carbons (Fsp3) is 0.846. The summed E-state index contributed by atoms with van der Waals surface area (Å²) < 4.78 is 0. The molecule has 5 heteroatoms. The number of hydrogen-bond donors (Lipinski definition) is 3. The Hall–Kier alpha value is -1.10. The Labute approximate surface area is 109 Å². The molecule has 5 nitrogen and oxygen atoms in total. The van der Waals surface area contributed by atoms with E-state index < -0.39 is 0 Å². The second-order valence-corrected chi connectivity index (χ2v) is 5.32. The van der Waals surface area contributed by atoms with Crippen molar-refractivity contribution in [1.29, 1.82) is 0 Å². The Kier molecular flexibility index (Phi) is 6.12. The highest BCUT2D eigenvalue weighted by Crippen LogP contribution is 2.32. The normalized spacial score (nSPS) is 16.4. The zero-order valence-electron chi connectivity index (χ0n) is 11.4. The van der Waals surface area contributed by atoms with E-state index in [2.05, 4.69) is 10.6 Å². The molecule has 1 unspecified atom stereocenters. The third kappa shape index (κ3) is 6.00. The number of nitrogens with two attached hydrogens (primary N) is 1. The summed E-state index contributed by atoms with van der Waals surface area (Å²) in [5.41, 5.74) is 5.61. The number of nitrogens with one attached hydrogen (secondary N) is 2. The first-order valence-electron chi connectivity index (χ1n) is 6.81. The van der Waals surface area contributed by atoms with Crippen LogP contribution in [0.3, 0.4) is 0 Å². The summed E-state index contributed by atoms with van der Waals surface area (Å²) in [6.45, 7) is 4.35. The van der Waals surface area contributed by atoms with Gasteiger partial charge in [-0.15, -0.1) is 0 Å². The molecule has 104 valence electrons. The van der Waals surface area contributed by atoms with Gasteiger partial charge in [0.15, 0.2) is 0 Å². The van der Waals surface area contributed by atoms with E-state index in [-0.39, 0.29) is 23.9 Å². The highest BCUT2D eigenvalue weighted by molar-refractivity contribution is 5.79. The number of amides is 2. The van der Waals surface area contributed by atoms with Crippen molar-refractivity contribution in [3.8, 4) is 0 Å². The summed E-state index contributed by atoms with van der Waals surface area (Å²) in [4.78, 5) is 23.0. The molecule has 0 radical (unpaired) electrons. The van der Waals surface area contributed by atoms with E-state index in [0.29, 0.717) is 31.7 Å². The molecule has 1 rings (SSSR count). The number of rotatable bonds is 8. The van der Waals surface area contributed by atoms with Crippen LogP contribution in [0.2, 0.25) is 0 Å². The van der Waals surface area contributed by atoms with Crippen LogP contribution in [0.1, 0.15) is 46.0 Å². The topological polar surface area (TPSA) is 84.2 Å². The zero-order valence-corrected chi connectivity index (χ0v) is 11.4. The lowest BCUT2D eigenvalue weighted by molar-refractivity contribution is -0.123. The molecule has 0 aromatic rings. The fourth-order valence-electron chi connectivity index (χ4n) is 1.95. The van der Waals surface area contributed by atoms with Crippen LogP contribution in [0.15, 0.2) is 0 Å². The van der Waals surface area contributed by atoms with Crippen molar-refractivity contribution in [2.24, 2.45) is 11.7 Å². The molecule has 0 saturated heterocycles. The number of carbonyl (C=O) groups is 2. The van der Waals surface area contributed by atoms with E-state index in [0.717, 1.165) is 0 Å². The van der Waals surface area contributed by atoms with Crippen LogP contribution in [0.25, 0.3) is 0 Å². The molecular formula is C13H25N3O2. The lowest BCUT2D eigenvalue weighted by atomic mass is 10.1. The molecular weight excluding hydrogens is 230 g/mol. The minimum Gasteiger partial charge on any atom is -0.354 e. The standard InChI is InChI=1S/C13H25N3O2/c1-9(2)15-12(17)4-3-5-13(18)16-11(8-14)10-6-7-10/h9-11H,3-8,14H2,1-2H3,(H,15,17)(H,16,18). The summed E-state index contributed by atoms with van der Waals surface area (Å²) >= 11 is 0. The molecule has 0 bridgehead atoms. The van der Waals surface area contributed by atoms with Crippen molar-refractivity contribution in [3.05, 3.63) is 0 Å². The quantitative estimate of drug-likeness (QED) is 0.591. The first kappa shape index (κ1) is 15.0. The Morgan fingerprint density at radius 1 is 1.17 bits per heavy atom. The first-order chi connectivity index (χ1) is 8.52. The highest BCUT2D eigenvalue weighted by atomic mass is 16.2. The smallest absolute Gasteiger partial charge is 0.220 e. The molecule has 1 aliphatic rings. The highest BCUT2D eigenvalue weighted by Gasteiger charge is 2.30. The van der Waals surface area contributed by atoms with E-state index in [9.17, 15) is 9.59 Å². The third-order valence-electron chi connectivity index (χ3n) is 3.05. The Balaban J connectivity index is 2.11. The summed E-state index contributed by atoms with van der Waals surface area (Å²) in [5, 5.41) is 5.75. The van der Waals surface area contributed by atoms with Crippen LogP contribution < -0.4 is 16.4 Å². The van der Waals surface area contributed by atoms with Gasteiger partial charge >= 0.3 is 0 Å². The second-order valence-electron chi connectivity index (χ2n) is 5.32. The van der Waals surface area contributed by atoms with E-state index in [1.165, 1.54) is 12.8 Å². The molecule has 2 amide bonds. The van der Waals surface area contributed by atoms with Crippen molar-refractivity contribution in [2.75, 3.05) is 6.54 Å². The Morgan fingerprint density at radius 3 is 2.17 bits per heavy atom. The minimum absolute atomic E-state index is 0.00898. The van der Waals surface area contributed by atoms with Crippen molar-refractivity contribution in [1.82, 2.24) is 10.6 Å². The molecule has 1 saturated carbocycles. The van der Waals surface area contributed by atoms with Crippen LogP contribution in [-0.4, -0.2) is 30.4 Å². The maximum absolute atomic E-state index is 11.6. The van der Waals surface area contributed by atoms with Crippen molar-refractivity contribution >= 4 is 11.8 Å². The maximum atomic E-state index is 11.6. The van der Waals surface area contributed by atoms with E-state index in [1.807, 2.05) is 13.8 Å². The molecule has 1 fully saturated rings. The molecule has 0 aromatic carbocycles. The lowest BCUT2D eigenvalue weighted by Gasteiger charge is -2.15. The Morgan fingerprint density at radius 2 is 1.72 bits per heavy atom. The van der Waals surface area contributed by atoms with Crippen LogP contribution >= 0.6 is 0 Å². The van der Waals surface area contributed by atoms with Gasteiger partial charge in [-0.2, -0.15) is 0 Å². The third-order valence-corrected chi connectivity index (χ3v) is 3.05. The van der Waals surface area contributed by atoms with Gasteiger partial charge in [-0.1, -0.05) is 0 Å². The predicted octanol–water partition coefficient (Wildman–Crippen LogP) is 0.535. The Bertz CT molecular complexity index is 288. The van der Waals surface area contributed by atoms with Crippen LogP contribution in [-0.2, 0) is 9.59 Å². The average molecular weight is 255 g/mol. The van der Waals surface area contributed by atoms with Gasteiger partial charge in [0.05, 0.1) is 0 Å². The lowest BCUT2D eigenvalue weighted by Crippen LogP contribution is -2.41. The molecule has 1 atom stereocenters. The molecule has 18 heavy (non-hydrogen) atoms. The molecule has 1 aliphatic carbocycles. The molecule has 0 aromatic heterocycles. The van der Waals surface area contributed by atoms with Crippen molar-refractivity contribution in [3.63, 3.8) is 0 Å². The van der Waals surface area contributed by atoms with Crippen LogP contribution in [0, 0.1) is 5.92 Å². The SMILES string of the molecule is CC(C)NC(=O)CCCC(=O)NC(CN)C1CC1. The van der Waals surface area contributed by atoms with E-state index in [4.69, 9.17) is 5.73 Å². The van der Waals surface area contributed by atoms with Gasteiger partial charge < -0.3 is 16.4 Å². The summed E-state index contributed by atoms with van der Waals surface area (Å²) in [5.74, 6) is 0.591. The largest absolute Gasteiger partial charge is 0.354 e. The van der Waals surface area contributed by atoms with Crippen LogP contribution in [0.5, 0.6) is 0 Å². The van der Waals surface area contributed by atoms with Gasteiger partial charge in [-0.05, 0) is 39.0 Å². The zero-order chi connectivity index (χ0) is 13.5. The molecule has 4 N–H and O–H groups in total. The summed E-state index contributed by atoms with van der Waals surface area (Å²) in [6, 6.07) is 0.282. The van der Waals surface area contributed by atoms with Crippen LogP contribution in [0.4, 0.5) is 0 Å². The summed E-state index contributed by atoms with van der Waals surface area (Å²) in [6.07, 6.45) is 3.72. The van der Waals surface area contributed by atoms with E-state index >= 15 is 0 Å². The monoisotopic (exact) mass is 255 g/mol. The fourth-order valence-corrected chi connectivity index (χ4v) is 1.95. The van der Waals surface area contributed by atoms with Gasteiger partial charge in [0.2, 0.25) is 11.8 Å². The van der Waals surface area contributed by atoms with Crippen molar-refractivity contribution in [2.45, 2.75) is 58.0 Å². The maximum Gasteiger partial charge on any atom is 0.220 e. The van der Waals surface area contributed by atoms with Gasteiger partial charge in [0, 0.05) is 31.5 Å². The van der Waals surface area contributed by atoms with Gasteiger partial charge in [-0.25, -0.2) is 0 Å².